The highest BCUT2D eigenvalue weighted by Gasteiger charge is 2.33. The lowest BCUT2D eigenvalue weighted by molar-refractivity contribution is -0.112. The van der Waals surface area contributed by atoms with Crippen molar-refractivity contribution in [1.29, 1.82) is 0 Å². The first-order valence-corrected chi connectivity index (χ1v) is 12.0. The number of nitrogens with two attached hydrogens (primary N) is 1. The Labute approximate surface area is 189 Å². The van der Waals surface area contributed by atoms with E-state index in [0.29, 0.717) is 25.2 Å². The maximum absolute atomic E-state index is 13.2. The lowest BCUT2D eigenvalue weighted by Crippen LogP contribution is -2.29. The van der Waals surface area contributed by atoms with Gasteiger partial charge in [-0.3, -0.25) is 9.79 Å². The Balaban J connectivity index is 1.55. The summed E-state index contributed by atoms with van der Waals surface area (Å²) in [5.74, 6) is -0.124. The maximum Gasteiger partial charge on any atom is 0.277 e. The minimum absolute atomic E-state index is 0.0730. The number of carbonyl (C=O) groups is 1. The van der Waals surface area contributed by atoms with Gasteiger partial charge in [-0.15, -0.1) is 0 Å². The highest BCUT2D eigenvalue weighted by Crippen LogP contribution is 2.33. The summed E-state index contributed by atoms with van der Waals surface area (Å²) >= 11 is 3.48. The summed E-state index contributed by atoms with van der Waals surface area (Å²) in [6, 6.07) is 22.0. The normalized spacial score (nSPS) is 14.8. The molecule has 2 N–H and O–H groups in total. The minimum Gasteiger partial charge on any atom is -0.302 e. The van der Waals surface area contributed by atoms with Gasteiger partial charge in [0, 0.05) is 16.6 Å². The van der Waals surface area contributed by atoms with Gasteiger partial charge >= 0.3 is 0 Å². The predicted octanol–water partition coefficient (Wildman–Crippen LogP) is 3.68. The van der Waals surface area contributed by atoms with E-state index in [4.69, 9.17) is 5.14 Å². The summed E-state index contributed by atoms with van der Waals surface area (Å²) in [5.41, 5.74) is 4.04. The third kappa shape index (κ3) is 4.76. The molecule has 1 aliphatic heterocycles. The lowest BCUT2D eigenvalue weighted by atomic mass is 10.1. The molecule has 3 aromatic rings. The number of nitrogens with zero attached hydrogens (tertiary/aromatic N) is 2. The largest absolute Gasteiger partial charge is 0.302 e. The number of carbonyl (C=O) groups excluding carboxylic acids is 1. The van der Waals surface area contributed by atoms with Gasteiger partial charge in [0.1, 0.15) is 5.71 Å². The van der Waals surface area contributed by atoms with E-state index in [1.807, 2.05) is 48.5 Å². The number of primary sulfonamides is 1. The molecule has 0 bridgehead atoms. The van der Waals surface area contributed by atoms with Crippen LogP contribution in [0.2, 0.25) is 0 Å². The van der Waals surface area contributed by atoms with Crippen molar-refractivity contribution in [2.24, 2.45) is 10.1 Å². The van der Waals surface area contributed by atoms with Crippen LogP contribution in [0.15, 0.2) is 87.2 Å². The second-order valence-electron chi connectivity index (χ2n) is 7.21. The van der Waals surface area contributed by atoms with Crippen molar-refractivity contribution >= 4 is 43.3 Å². The summed E-state index contributed by atoms with van der Waals surface area (Å²) in [6.45, 7) is 0.878. The predicted molar refractivity (Wildman–Crippen MR) is 125 cm³/mol. The molecule has 158 valence electrons. The molecule has 0 saturated carbocycles. The Morgan fingerprint density at radius 1 is 0.935 bits per heavy atom. The van der Waals surface area contributed by atoms with Crippen LogP contribution in [0.3, 0.4) is 0 Å². The Morgan fingerprint density at radius 3 is 2.32 bits per heavy atom. The molecule has 4 rings (SSSR count). The zero-order valence-electron chi connectivity index (χ0n) is 16.5. The molecule has 8 heteroatoms. The first kappa shape index (κ1) is 21.4. The summed E-state index contributed by atoms with van der Waals surface area (Å²) < 4.78 is 23.7. The molecular formula is C23H20BrN3O3S. The van der Waals surface area contributed by atoms with Gasteiger partial charge < -0.3 is 4.90 Å². The van der Waals surface area contributed by atoms with Crippen molar-refractivity contribution in [3.8, 4) is 0 Å². The van der Waals surface area contributed by atoms with Crippen LogP contribution in [0.1, 0.15) is 16.7 Å². The number of aliphatic imine (C=N–C) groups is 1. The van der Waals surface area contributed by atoms with Gasteiger partial charge in [0.05, 0.1) is 17.1 Å². The van der Waals surface area contributed by atoms with Crippen molar-refractivity contribution in [3.05, 3.63) is 94.0 Å². The number of sulfonamides is 1. The molecule has 0 atom stereocenters. The van der Waals surface area contributed by atoms with Crippen molar-refractivity contribution in [2.45, 2.75) is 17.9 Å². The van der Waals surface area contributed by atoms with E-state index in [1.165, 1.54) is 12.1 Å². The Kier molecular flexibility index (Phi) is 6.04. The minimum atomic E-state index is -3.71. The van der Waals surface area contributed by atoms with Crippen LogP contribution >= 0.6 is 15.9 Å². The fourth-order valence-electron chi connectivity index (χ4n) is 3.50. The lowest BCUT2D eigenvalue weighted by Gasteiger charge is -2.17. The zero-order chi connectivity index (χ0) is 22.0. The van der Waals surface area contributed by atoms with E-state index in [9.17, 15) is 13.2 Å². The second-order valence-corrected chi connectivity index (χ2v) is 9.68. The van der Waals surface area contributed by atoms with Gasteiger partial charge in [0.2, 0.25) is 10.0 Å². The molecule has 0 aliphatic carbocycles. The first-order chi connectivity index (χ1) is 14.8. The van der Waals surface area contributed by atoms with Crippen LogP contribution in [-0.4, -0.2) is 26.6 Å². The van der Waals surface area contributed by atoms with Gasteiger partial charge in [-0.25, -0.2) is 13.6 Å². The molecule has 0 unspecified atom stereocenters. The van der Waals surface area contributed by atoms with E-state index >= 15 is 0 Å². The van der Waals surface area contributed by atoms with Crippen LogP contribution in [0.25, 0.3) is 0 Å². The first-order valence-electron chi connectivity index (χ1n) is 9.65. The number of fused-ring (bicyclic) bond motifs is 1. The van der Waals surface area contributed by atoms with E-state index in [0.717, 1.165) is 26.9 Å². The number of rotatable bonds is 6. The topological polar surface area (TPSA) is 92.8 Å². The fourth-order valence-corrected chi connectivity index (χ4v) is 4.38. The van der Waals surface area contributed by atoms with E-state index in [2.05, 4.69) is 20.9 Å². The van der Waals surface area contributed by atoms with Crippen molar-refractivity contribution in [3.63, 3.8) is 0 Å². The molecule has 1 heterocycles. The molecule has 0 aromatic heterocycles. The smallest absolute Gasteiger partial charge is 0.277 e. The molecule has 3 aromatic carbocycles. The van der Waals surface area contributed by atoms with Crippen LogP contribution in [0.4, 0.5) is 5.69 Å². The Morgan fingerprint density at radius 2 is 1.65 bits per heavy atom. The van der Waals surface area contributed by atoms with Crippen LogP contribution in [0.5, 0.6) is 0 Å². The SMILES string of the molecule is NS(=O)(=O)c1ccc(CCN=C2C(=O)N(Cc3ccccc3)c3ccc(Br)cc32)cc1. The summed E-state index contributed by atoms with van der Waals surface area (Å²) in [4.78, 5) is 19.6. The van der Waals surface area contributed by atoms with E-state index in [1.54, 1.807) is 17.0 Å². The standard InChI is InChI=1S/C23H20BrN3O3S/c24-18-8-11-21-20(14-18)22(23(28)27(21)15-17-4-2-1-3-5-17)26-13-12-16-6-9-19(10-7-16)31(25,29)30/h1-11,14H,12-13,15H2,(H2,25,29,30). The molecule has 6 nitrogen and oxygen atoms in total. The number of hydrogen-bond acceptors (Lipinski definition) is 4. The van der Waals surface area contributed by atoms with E-state index in [-0.39, 0.29) is 10.8 Å². The molecule has 1 amide bonds. The number of halogens is 1. The molecule has 0 spiro atoms. The number of anilines is 1. The monoisotopic (exact) mass is 497 g/mol. The maximum atomic E-state index is 13.2. The van der Waals surface area contributed by atoms with Crippen molar-refractivity contribution in [2.75, 3.05) is 11.4 Å². The molecule has 1 aliphatic rings. The Bertz CT molecular complexity index is 1260. The zero-order valence-corrected chi connectivity index (χ0v) is 18.9. The number of benzene rings is 3. The molecular weight excluding hydrogens is 478 g/mol. The van der Waals surface area contributed by atoms with Crippen molar-refractivity contribution in [1.82, 2.24) is 0 Å². The van der Waals surface area contributed by atoms with Gasteiger partial charge in [-0.1, -0.05) is 58.4 Å². The summed E-state index contributed by atoms with van der Waals surface area (Å²) in [7, 11) is -3.71. The highest BCUT2D eigenvalue weighted by molar-refractivity contribution is 9.10. The van der Waals surface area contributed by atoms with Gasteiger partial charge in [-0.05, 0) is 47.9 Å². The third-order valence-corrected chi connectivity index (χ3v) is 6.48. The molecule has 31 heavy (non-hydrogen) atoms. The fraction of sp³-hybridized carbons (Fsp3) is 0.130. The average molecular weight is 498 g/mol. The quantitative estimate of drug-likeness (QED) is 0.562. The van der Waals surface area contributed by atoms with Crippen LogP contribution in [-0.2, 0) is 27.8 Å². The number of amides is 1. The summed E-state index contributed by atoms with van der Waals surface area (Å²) in [6.07, 6.45) is 0.573. The van der Waals surface area contributed by atoms with Gasteiger partial charge in [0.25, 0.3) is 5.91 Å². The van der Waals surface area contributed by atoms with E-state index < -0.39 is 10.0 Å². The second kappa shape index (κ2) is 8.74. The third-order valence-electron chi connectivity index (χ3n) is 5.06. The molecule has 0 fully saturated rings. The average Bonchev–Trinajstić information content (AvgIpc) is 2.99. The summed E-state index contributed by atoms with van der Waals surface area (Å²) in [5, 5.41) is 5.13. The van der Waals surface area contributed by atoms with Gasteiger partial charge in [-0.2, -0.15) is 0 Å². The Hall–Kier alpha value is -2.81. The number of hydrogen-bond donors (Lipinski definition) is 1. The molecule has 0 radical (unpaired) electrons. The highest BCUT2D eigenvalue weighted by atomic mass is 79.9. The molecule has 0 saturated heterocycles. The van der Waals surface area contributed by atoms with Crippen LogP contribution in [0, 0.1) is 0 Å². The van der Waals surface area contributed by atoms with Crippen molar-refractivity contribution < 1.29 is 13.2 Å². The van der Waals surface area contributed by atoms with Crippen LogP contribution < -0.4 is 10.0 Å². The van der Waals surface area contributed by atoms with Gasteiger partial charge in [0.15, 0.2) is 0 Å².